The van der Waals surface area contributed by atoms with Crippen molar-refractivity contribution >= 4 is 11.8 Å². The number of nitrogen functional groups attached to an aromatic ring is 1. The molecule has 0 unspecified atom stereocenters. The first-order chi connectivity index (χ1) is 7.54. The highest BCUT2D eigenvalue weighted by molar-refractivity contribution is 5.95. The van der Waals surface area contributed by atoms with Crippen molar-refractivity contribution in [2.45, 2.75) is 12.5 Å². The Balaban J connectivity index is 2.84. The number of nitrogens with one attached hydrogen (secondary N) is 2. The van der Waals surface area contributed by atoms with Crippen molar-refractivity contribution in [1.82, 2.24) is 5.32 Å². The number of carboxylic acid groups (broad SMARTS) is 1. The van der Waals surface area contributed by atoms with E-state index in [1.165, 1.54) is 0 Å². The molecule has 0 aliphatic rings. The minimum absolute atomic E-state index is 0.0156. The summed E-state index contributed by atoms with van der Waals surface area (Å²) >= 11 is 0. The Morgan fingerprint density at radius 3 is 2.81 bits per heavy atom. The number of amidine groups is 1. The van der Waals surface area contributed by atoms with Crippen LogP contribution in [0.25, 0.3) is 0 Å². The molecule has 0 bridgehead atoms. The van der Waals surface area contributed by atoms with E-state index in [0.29, 0.717) is 12.0 Å². The molecule has 1 atom stereocenters. The van der Waals surface area contributed by atoms with Gasteiger partial charge in [-0.25, -0.2) is 0 Å². The zero-order valence-corrected chi connectivity index (χ0v) is 9.03. The van der Waals surface area contributed by atoms with Gasteiger partial charge in [-0.2, -0.15) is 0 Å². The fourth-order valence-corrected chi connectivity index (χ4v) is 1.41. The average Bonchev–Trinajstić information content (AvgIpc) is 2.25. The second kappa shape index (κ2) is 5.27. The largest absolute Gasteiger partial charge is 0.480 e. The van der Waals surface area contributed by atoms with Crippen LogP contribution in [-0.4, -0.2) is 30.0 Å². The number of carboxylic acids is 1. The lowest BCUT2D eigenvalue weighted by molar-refractivity contribution is -0.139. The van der Waals surface area contributed by atoms with Gasteiger partial charge in [-0.3, -0.25) is 10.2 Å². The first-order valence-corrected chi connectivity index (χ1v) is 4.88. The van der Waals surface area contributed by atoms with Gasteiger partial charge in [0.1, 0.15) is 11.9 Å². The van der Waals surface area contributed by atoms with Crippen molar-refractivity contribution in [1.29, 1.82) is 5.41 Å². The van der Waals surface area contributed by atoms with Crippen LogP contribution < -0.4 is 11.1 Å². The van der Waals surface area contributed by atoms with E-state index in [0.717, 1.165) is 5.56 Å². The third-order valence-electron chi connectivity index (χ3n) is 2.32. The molecule has 0 fully saturated rings. The molecule has 0 spiro atoms. The van der Waals surface area contributed by atoms with Crippen LogP contribution in [0.15, 0.2) is 24.3 Å². The highest BCUT2D eigenvalue weighted by Gasteiger charge is 2.15. The molecule has 0 aromatic heterocycles. The van der Waals surface area contributed by atoms with Crippen molar-refractivity contribution in [2.75, 3.05) is 7.05 Å². The number of nitrogens with two attached hydrogens (primary N) is 1. The van der Waals surface area contributed by atoms with Crippen LogP contribution in [0.3, 0.4) is 0 Å². The van der Waals surface area contributed by atoms with Gasteiger partial charge in [-0.15, -0.1) is 0 Å². The highest BCUT2D eigenvalue weighted by Crippen LogP contribution is 2.07. The normalized spacial score (nSPS) is 12.1. The Kier molecular flexibility index (Phi) is 4.02. The molecular formula is C11H15N3O2. The standard InChI is InChI=1S/C11H15N3O2/c1-14-9(11(15)16)6-7-3-2-4-8(5-7)10(12)13/h2-5,9,14H,6H2,1H3,(H3,12,13)(H,15,16)/t9-/m0/s1. The Labute approximate surface area is 93.8 Å². The second-order valence-electron chi connectivity index (χ2n) is 3.50. The lowest BCUT2D eigenvalue weighted by Gasteiger charge is -2.11. The summed E-state index contributed by atoms with van der Waals surface area (Å²) < 4.78 is 0. The van der Waals surface area contributed by atoms with Gasteiger partial charge in [0.15, 0.2) is 0 Å². The van der Waals surface area contributed by atoms with Gasteiger partial charge in [0, 0.05) is 5.56 Å². The summed E-state index contributed by atoms with van der Waals surface area (Å²) in [5.74, 6) is -0.908. The van der Waals surface area contributed by atoms with Crippen molar-refractivity contribution in [3.8, 4) is 0 Å². The Morgan fingerprint density at radius 2 is 2.31 bits per heavy atom. The monoisotopic (exact) mass is 221 g/mol. The van der Waals surface area contributed by atoms with Gasteiger partial charge in [-0.1, -0.05) is 18.2 Å². The number of hydrogen-bond acceptors (Lipinski definition) is 3. The molecule has 86 valence electrons. The number of likely N-dealkylation sites (N-methyl/N-ethyl adjacent to an activating group) is 1. The molecule has 0 aliphatic heterocycles. The minimum Gasteiger partial charge on any atom is -0.480 e. The van der Waals surface area contributed by atoms with E-state index < -0.39 is 12.0 Å². The predicted octanol–water partition coefficient (Wildman–Crippen LogP) is 0.186. The molecule has 0 aliphatic carbocycles. The van der Waals surface area contributed by atoms with E-state index in [1.54, 1.807) is 25.2 Å². The van der Waals surface area contributed by atoms with Crippen molar-refractivity contribution < 1.29 is 9.90 Å². The summed E-state index contributed by atoms with van der Waals surface area (Å²) in [6, 6.07) is 6.42. The van der Waals surface area contributed by atoms with Gasteiger partial charge in [0.25, 0.3) is 0 Å². The Hall–Kier alpha value is -1.88. The molecule has 0 radical (unpaired) electrons. The van der Waals surface area contributed by atoms with Gasteiger partial charge < -0.3 is 16.2 Å². The molecule has 1 aromatic rings. The molecule has 0 saturated heterocycles. The minimum atomic E-state index is -0.893. The van der Waals surface area contributed by atoms with Crippen molar-refractivity contribution in [3.63, 3.8) is 0 Å². The molecule has 0 amide bonds. The van der Waals surface area contributed by atoms with Gasteiger partial charge in [0.05, 0.1) is 0 Å². The molecule has 5 N–H and O–H groups in total. The third-order valence-corrected chi connectivity index (χ3v) is 2.32. The smallest absolute Gasteiger partial charge is 0.321 e. The van der Waals surface area contributed by atoms with E-state index in [9.17, 15) is 4.79 Å². The molecule has 5 heteroatoms. The maximum Gasteiger partial charge on any atom is 0.321 e. The van der Waals surface area contributed by atoms with E-state index in [4.69, 9.17) is 16.2 Å². The number of hydrogen-bond donors (Lipinski definition) is 4. The molecule has 0 saturated carbocycles. The molecule has 16 heavy (non-hydrogen) atoms. The topological polar surface area (TPSA) is 99.2 Å². The van der Waals surface area contributed by atoms with E-state index in [-0.39, 0.29) is 5.84 Å². The van der Waals surface area contributed by atoms with Crippen LogP contribution in [0.4, 0.5) is 0 Å². The number of aliphatic carboxylic acids is 1. The van der Waals surface area contributed by atoms with Crippen LogP contribution in [0.2, 0.25) is 0 Å². The zero-order chi connectivity index (χ0) is 12.1. The van der Waals surface area contributed by atoms with E-state index >= 15 is 0 Å². The highest BCUT2D eigenvalue weighted by atomic mass is 16.4. The van der Waals surface area contributed by atoms with Crippen LogP contribution in [0.1, 0.15) is 11.1 Å². The van der Waals surface area contributed by atoms with E-state index in [2.05, 4.69) is 5.32 Å². The number of carbonyl (C=O) groups is 1. The summed E-state index contributed by atoms with van der Waals surface area (Å²) in [5, 5.41) is 18.9. The molecule has 5 nitrogen and oxygen atoms in total. The first-order valence-electron chi connectivity index (χ1n) is 4.88. The van der Waals surface area contributed by atoms with Crippen molar-refractivity contribution in [3.05, 3.63) is 35.4 Å². The maximum atomic E-state index is 10.8. The van der Waals surface area contributed by atoms with Crippen LogP contribution in [-0.2, 0) is 11.2 Å². The van der Waals surface area contributed by atoms with Gasteiger partial charge >= 0.3 is 5.97 Å². The third kappa shape index (κ3) is 3.06. The lowest BCUT2D eigenvalue weighted by atomic mass is 10.0. The van der Waals surface area contributed by atoms with Crippen molar-refractivity contribution in [2.24, 2.45) is 5.73 Å². The summed E-state index contributed by atoms with van der Waals surface area (Å²) in [7, 11) is 1.60. The Bertz CT molecular complexity index is 404. The van der Waals surface area contributed by atoms with Gasteiger partial charge in [0.2, 0.25) is 0 Å². The maximum absolute atomic E-state index is 10.8. The fraction of sp³-hybridized carbons (Fsp3) is 0.273. The predicted molar refractivity (Wildman–Crippen MR) is 61.6 cm³/mol. The molecule has 1 rings (SSSR count). The SMILES string of the molecule is CN[C@@H](Cc1cccc(C(=N)N)c1)C(=O)O. The van der Waals surface area contributed by atoms with Crippen LogP contribution >= 0.6 is 0 Å². The Morgan fingerprint density at radius 1 is 1.62 bits per heavy atom. The first kappa shape index (κ1) is 12.2. The van der Waals surface area contributed by atoms with Crippen LogP contribution in [0.5, 0.6) is 0 Å². The lowest BCUT2D eigenvalue weighted by Crippen LogP contribution is -2.35. The number of benzene rings is 1. The summed E-state index contributed by atoms with van der Waals surface area (Å²) in [6.45, 7) is 0. The zero-order valence-electron chi connectivity index (χ0n) is 9.03. The second-order valence-corrected chi connectivity index (χ2v) is 3.50. The molecule has 0 heterocycles. The quantitative estimate of drug-likeness (QED) is 0.421. The fourth-order valence-electron chi connectivity index (χ4n) is 1.41. The van der Waals surface area contributed by atoms with E-state index in [1.807, 2.05) is 6.07 Å². The summed E-state index contributed by atoms with van der Waals surface area (Å²) in [5.41, 5.74) is 6.81. The number of rotatable bonds is 5. The van der Waals surface area contributed by atoms with Gasteiger partial charge in [-0.05, 0) is 25.1 Å². The summed E-state index contributed by atoms with van der Waals surface area (Å²) in [6.07, 6.45) is 0.368. The molecular weight excluding hydrogens is 206 g/mol. The summed E-state index contributed by atoms with van der Waals surface area (Å²) in [4.78, 5) is 10.8. The molecule has 1 aromatic carbocycles. The average molecular weight is 221 g/mol. The van der Waals surface area contributed by atoms with Crippen LogP contribution in [0, 0.1) is 5.41 Å².